The molecule has 0 spiro atoms. The van der Waals surface area contributed by atoms with E-state index in [1.165, 1.54) is 12.8 Å². The maximum atomic E-state index is 12.5. The summed E-state index contributed by atoms with van der Waals surface area (Å²) in [6, 6.07) is 7.59. The molecule has 122 valence electrons. The van der Waals surface area contributed by atoms with E-state index in [0.29, 0.717) is 17.4 Å². The zero-order chi connectivity index (χ0) is 16.2. The molecule has 23 heavy (non-hydrogen) atoms. The van der Waals surface area contributed by atoms with Gasteiger partial charge in [-0.05, 0) is 37.5 Å². The van der Waals surface area contributed by atoms with Crippen LogP contribution in [0.3, 0.4) is 0 Å². The van der Waals surface area contributed by atoms with Gasteiger partial charge in [-0.3, -0.25) is 9.78 Å². The van der Waals surface area contributed by atoms with E-state index in [-0.39, 0.29) is 5.56 Å². The van der Waals surface area contributed by atoms with Crippen molar-refractivity contribution < 1.29 is 0 Å². The number of aromatic nitrogens is 2. The normalized spacial score (nSPS) is 15.5. The number of rotatable bonds is 3. The first-order valence-electron chi connectivity index (χ1n) is 8.22. The Morgan fingerprint density at radius 2 is 1.78 bits per heavy atom. The second-order valence-corrected chi connectivity index (χ2v) is 6.59. The van der Waals surface area contributed by atoms with Gasteiger partial charge >= 0.3 is 0 Å². The smallest absolute Gasteiger partial charge is 0.256 e. The second kappa shape index (κ2) is 7.18. The van der Waals surface area contributed by atoms with Crippen LogP contribution in [0.5, 0.6) is 0 Å². The zero-order valence-corrected chi connectivity index (χ0v) is 14.2. The Balaban J connectivity index is 1.85. The monoisotopic (exact) mass is 331 g/mol. The van der Waals surface area contributed by atoms with Gasteiger partial charge in [0.25, 0.3) is 5.56 Å². The van der Waals surface area contributed by atoms with Gasteiger partial charge in [0.1, 0.15) is 0 Å². The molecule has 1 aromatic carbocycles. The van der Waals surface area contributed by atoms with Gasteiger partial charge in [0, 0.05) is 30.1 Å². The lowest BCUT2D eigenvalue weighted by Gasteiger charge is -2.21. The summed E-state index contributed by atoms with van der Waals surface area (Å²) in [5.74, 6) is 0.717. The summed E-state index contributed by atoms with van der Waals surface area (Å²) in [5, 5.41) is 0.703. The van der Waals surface area contributed by atoms with Crippen LogP contribution < -0.4 is 10.5 Å². The minimum absolute atomic E-state index is 0.0355. The summed E-state index contributed by atoms with van der Waals surface area (Å²) in [5.41, 5.74) is 2.56. The Morgan fingerprint density at radius 3 is 2.39 bits per heavy atom. The van der Waals surface area contributed by atoms with Crippen LogP contribution in [0.15, 0.2) is 29.1 Å². The van der Waals surface area contributed by atoms with Gasteiger partial charge in [0.05, 0.1) is 5.69 Å². The van der Waals surface area contributed by atoms with Gasteiger partial charge < -0.3 is 4.90 Å². The predicted octanol–water partition coefficient (Wildman–Crippen LogP) is 3.70. The maximum Gasteiger partial charge on any atom is 0.256 e. The molecule has 1 saturated heterocycles. The zero-order valence-electron chi connectivity index (χ0n) is 13.4. The third-order valence-electron chi connectivity index (χ3n) is 4.41. The Bertz CT molecular complexity index is 716. The Morgan fingerprint density at radius 1 is 1.13 bits per heavy atom. The molecule has 0 amide bonds. The fourth-order valence-electron chi connectivity index (χ4n) is 3.04. The molecule has 1 aromatic heterocycles. The summed E-state index contributed by atoms with van der Waals surface area (Å²) >= 11 is 5.91. The number of hydrogen-bond donors (Lipinski definition) is 1. The largest absolute Gasteiger partial charge is 0.342 e. The lowest BCUT2D eigenvalue weighted by atomic mass is 10.1. The number of anilines is 1. The van der Waals surface area contributed by atoms with Crippen molar-refractivity contribution in [3.8, 4) is 0 Å². The molecular formula is C18H22ClN3O. The first kappa shape index (κ1) is 16.1. The van der Waals surface area contributed by atoms with Crippen molar-refractivity contribution in [3.63, 3.8) is 0 Å². The van der Waals surface area contributed by atoms with Crippen molar-refractivity contribution in [1.29, 1.82) is 0 Å². The van der Waals surface area contributed by atoms with E-state index < -0.39 is 0 Å². The number of nitrogens with zero attached hydrogens (tertiary/aromatic N) is 2. The van der Waals surface area contributed by atoms with Crippen LogP contribution in [0.4, 0.5) is 5.95 Å². The number of halogens is 1. The Labute approximate surface area is 141 Å². The number of benzene rings is 1. The molecule has 1 fully saturated rings. The predicted molar refractivity (Wildman–Crippen MR) is 94.5 cm³/mol. The molecular weight excluding hydrogens is 310 g/mol. The molecule has 5 heteroatoms. The molecule has 0 bridgehead atoms. The highest BCUT2D eigenvalue weighted by atomic mass is 35.5. The fraction of sp³-hybridized carbons (Fsp3) is 0.444. The van der Waals surface area contributed by atoms with Gasteiger partial charge in [-0.15, -0.1) is 0 Å². The standard InChI is InChI=1S/C18H22ClN3O/c1-13-16(12-14-6-8-15(19)9-7-14)17(23)21-18(20-13)22-10-4-2-3-5-11-22/h6-9H,2-5,10-12H2,1H3,(H,20,21,23). The van der Waals surface area contributed by atoms with Gasteiger partial charge in [-0.25, -0.2) is 4.98 Å². The Kier molecular flexibility index (Phi) is 5.01. The van der Waals surface area contributed by atoms with Gasteiger partial charge in [0.15, 0.2) is 0 Å². The number of H-pyrrole nitrogens is 1. The van der Waals surface area contributed by atoms with Crippen molar-refractivity contribution in [2.24, 2.45) is 0 Å². The molecule has 1 N–H and O–H groups in total. The molecule has 1 aliphatic rings. The van der Waals surface area contributed by atoms with Gasteiger partial charge in [0.2, 0.25) is 5.95 Å². The third kappa shape index (κ3) is 3.94. The van der Waals surface area contributed by atoms with E-state index in [2.05, 4.69) is 14.9 Å². The van der Waals surface area contributed by atoms with Crippen molar-refractivity contribution >= 4 is 17.5 Å². The summed E-state index contributed by atoms with van der Waals surface area (Å²) in [6.45, 7) is 3.86. The summed E-state index contributed by atoms with van der Waals surface area (Å²) in [7, 11) is 0. The van der Waals surface area contributed by atoms with E-state index in [4.69, 9.17) is 11.6 Å². The van der Waals surface area contributed by atoms with E-state index in [1.807, 2.05) is 31.2 Å². The van der Waals surface area contributed by atoms with Crippen LogP contribution in [0.25, 0.3) is 0 Å². The van der Waals surface area contributed by atoms with E-state index in [1.54, 1.807) is 0 Å². The second-order valence-electron chi connectivity index (χ2n) is 6.16. The lowest BCUT2D eigenvalue weighted by Crippen LogP contribution is -2.30. The first-order chi connectivity index (χ1) is 11.1. The molecule has 0 radical (unpaired) electrons. The van der Waals surface area contributed by atoms with Crippen molar-refractivity contribution in [2.75, 3.05) is 18.0 Å². The van der Waals surface area contributed by atoms with Gasteiger partial charge in [-0.1, -0.05) is 36.6 Å². The molecule has 4 nitrogen and oxygen atoms in total. The van der Waals surface area contributed by atoms with Crippen molar-refractivity contribution in [2.45, 2.75) is 39.0 Å². The summed E-state index contributed by atoms with van der Waals surface area (Å²) < 4.78 is 0. The van der Waals surface area contributed by atoms with Gasteiger partial charge in [-0.2, -0.15) is 0 Å². The highest BCUT2D eigenvalue weighted by Gasteiger charge is 2.15. The summed E-state index contributed by atoms with van der Waals surface area (Å²) in [6.07, 6.45) is 5.42. The van der Waals surface area contributed by atoms with Crippen LogP contribution in [-0.4, -0.2) is 23.1 Å². The Hall–Kier alpha value is -1.81. The molecule has 3 rings (SSSR count). The SMILES string of the molecule is Cc1nc(N2CCCCCC2)[nH]c(=O)c1Cc1ccc(Cl)cc1. The first-order valence-corrected chi connectivity index (χ1v) is 8.60. The number of aryl methyl sites for hydroxylation is 1. The van der Waals surface area contributed by atoms with Crippen molar-refractivity contribution in [3.05, 3.63) is 56.5 Å². The minimum Gasteiger partial charge on any atom is -0.342 e. The fourth-order valence-corrected chi connectivity index (χ4v) is 3.17. The highest BCUT2D eigenvalue weighted by molar-refractivity contribution is 6.30. The van der Waals surface area contributed by atoms with E-state index >= 15 is 0 Å². The van der Waals surface area contributed by atoms with Crippen molar-refractivity contribution in [1.82, 2.24) is 9.97 Å². The highest BCUT2D eigenvalue weighted by Crippen LogP contribution is 2.17. The van der Waals surface area contributed by atoms with Crippen LogP contribution in [-0.2, 0) is 6.42 Å². The van der Waals surface area contributed by atoms with Crippen LogP contribution in [0.2, 0.25) is 5.02 Å². The topological polar surface area (TPSA) is 49.0 Å². The quantitative estimate of drug-likeness (QED) is 0.932. The van der Waals surface area contributed by atoms with E-state index in [9.17, 15) is 4.79 Å². The molecule has 2 aromatic rings. The number of aromatic amines is 1. The lowest BCUT2D eigenvalue weighted by molar-refractivity contribution is 0.726. The van der Waals surface area contributed by atoms with Crippen LogP contribution in [0.1, 0.15) is 42.5 Å². The van der Waals surface area contributed by atoms with Crippen LogP contribution in [0, 0.1) is 6.92 Å². The van der Waals surface area contributed by atoms with Crippen LogP contribution >= 0.6 is 11.6 Å². The average Bonchev–Trinajstić information content (AvgIpc) is 2.82. The molecule has 0 unspecified atom stereocenters. The number of hydrogen-bond acceptors (Lipinski definition) is 3. The van der Waals surface area contributed by atoms with E-state index in [0.717, 1.165) is 42.8 Å². The molecule has 2 heterocycles. The minimum atomic E-state index is -0.0355. The maximum absolute atomic E-state index is 12.5. The summed E-state index contributed by atoms with van der Waals surface area (Å²) in [4.78, 5) is 22.4. The number of nitrogens with one attached hydrogen (secondary N) is 1. The average molecular weight is 332 g/mol. The third-order valence-corrected chi connectivity index (χ3v) is 4.66. The molecule has 0 aliphatic carbocycles. The molecule has 1 aliphatic heterocycles. The molecule has 0 saturated carbocycles. The molecule has 0 atom stereocenters.